The predicted octanol–water partition coefficient (Wildman–Crippen LogP) is 9.82. The maximum absolute atomic E-state index is 14.3. The number of esters is 1. The summed E-state index contributed by atoms with van der Waals surface area (Å²) in [6.45, 7) is 11.9. The lowest BCUT2D eigenvalue weighted by Crippen LogP contribution is -2.44. The Hall–Kier alpha value is -2.98. The second-order valence-electron chi connectivity index (χ2n) is 12.8. The number of allylic oxidation sites excluding steroid dienone is 1. The van der Waals surface area contributed by atoms with Gasteiger partial charge in [-0.05, 0) is 85.2 Å². The number of benzene rings is 3. The molecule has 5 nitrogen and oxygen atoms in total. The average Bonchev–Trinajstić information content (AvgIpc) is 2.98. The Morgan fingerprint density at radius 1 is 0.826 bits per heavy atom. The fraction of sp³-hybridized carbons (Fsp3) is 0.400. The molecule has 0 aromatic heterocycles. The van der Waals surface area contributed by atoms with Crippen molar-refractivity contribution in [1.29, 1.82) is 0 Å². The van der Waals surface area contributed by atoms with Crippen molar-refractivity contribution in [3.8, 4) is 5.75 Å². The predicted molar refractivity (Wildman–Crippen MR) is 181 cm³/mol. The molecule has 0 amide bonds. The molecule has 46 heavy (non-hydrogen) atoms. The van der Waals surface area contributed by atoms with Crippen LogP contribution >= 0.6 is 23.2 Å². The smallest absolute Gasteiger partial charge is 0.448 e. The highest BCUT2D eigenvalue weighted by Crippen LogP contribution is 2.42. The summed E-state index contributed by atoms with van der Waals surface area (Å²) < 4.78 is 59.3. The molecule has 0 atom stereocenters. The van der Waals surface area contributed by atoms with Crippen LogP contribution < -0.4 is 4.74 Å². The third kappa shape index (κ3) is 9.09. The molecular weight excluding hydrogens is 654 g/mol. The van der Waals surface area contributed by atoms with Gasteiger partial charge in [0.25, 0.3) is 0 Å². The molecule has 0 spiro atoms. The van der Waals surface area contributed by atoms with E-state index < -0.39 is 42.4 Å². The molecule has 0 saturated carbocycles. The fourth-order valence-electron chi connectivity index (χ4n) is 4.66. The molecule has 0 saturated heterocycles. The number of carbonyl (C=O) groups is 1. The zero-order valence-corrected chi connectivity index (χ0v) is 30.0. The third-order valence-corrected chi connectivity index (χ3v) is 13.5. The first-order valence-corrected chi connectivity index (χ1v) is 18.5. The zero-order valence-electron chi connectivity index (χ0n) is 27.5. The van der Waals surface area contributed by atoms with Gasteiger partial charge in [0, 0.05) is 23.0 Å². The quantitative estimate of drug-likeness (QED) is 0.0817. The Kier molecular flexibility index (Phi) is 12.1. The van der Waals surface area contributed by atoms with Gasteiger partial charge in [-0.15, -0.1) is 0 Å². The molecule has 11 heteroatoms. The van der Waals surface area contributed by atoms with Gasteiger partial charge in [0.15, 0.2) is 5.76 Å². The van der Waals surface area contributed by atoms with Crippen LogP contribution in [-0.2, 0) is 25.9 Å². The molecule has 3 aromatic carbocycles. The van der Waals surface area contributed by atoms with Crippen LogP contribution in [0.2, 0.25) is 28.2 Å². The first-order valence-electron chi connectivity index (χ1n) is 14.8. The van der Waals surface area contributed by atoms with Crippen LogP contribution in [0.3, 0.4) is 0 Å². The Labute approximate surface area is 281 Å². The van der Waals surface area contributed by atoms with E-state index in [0.717, 1.165) is 18.2 Å². The number of rotatable bonds is 12. The molecule has 0 unspecified atom stereocenters. The van der Waals surface area contributed by atoms with Crippen molar-refractivity contribution in [2.45, 2.75) is 64.0 Å². The lowest BCUT2D eigenvalue weighted by molar-refractivity contribution is -0.140. The second-order valence-corrected chi connectivity index (χ2v) is 18.4. The molecule has 0 heterocycles. The van der Waals surface area contributed by atoms with Gasteiger partial charge in [0.1, 0.15) is 12.4 Å². The number of hydrogen-bond acceptors (Lipinski definition) is 5. The van der Waals surface area contributed by atoms with Crippen LogP contribution in [0.5, 0.6) is 5.75 Å². The van der Waals surface area contributed by atoms with E-state index in [4.69, 9.17) is 37.1 Å². The molecule has 0 fully saturated rings. The number of halogens is 5. The summed E-state index contributed by atoms with van der Waals surface area (Å²) in [5.41, 5.74) is 1.46. The van der Waals surface area contributed by atoms with E-state index in [1.807, 2.05) is 76.3 Å². The minimum absolute atomic E-state index is 0.320. The largest absolute Gasteiger partial charge is 0.540 e. The minimum Gasteiger partial charge on any atom is -0.540 e. The summed E-state index contributed by atoms with van der Waals surface area (Å²) >= 11 is 12.3. The molecule has 0 aliphatic heterocycles. The minimum atomic E-state index is -4.87. The number of carbonyl (C=O) groups excluding carboxylic acids is 1. The van der Waals surface area contributed by atoms with Crippen LogP contribution in [0.1, 0.15) is 44.4 Å². The molecule has 0 aliphatic carbocycles. The molecular formula is C35H42Cl2F3NO4Si. The van der Waals surface area contributed by atoms with Crippen molar-refractivity contribution >= 4 is 37.5 Å². The van der Waals surface area contributed by atoms with E-state index >= 15 is 0 Å². The van der Waals surface area contributed by atoms with Crippen molar-refractivity contribution in [3.05, 3.63) is 111 Å². The van der Waals surface area contributed by atoms with E-state index in [-0.39, 0.29) is 6.42 Å². The average molecular weight is 697 g/mol. The lowest BCUT2D eigenvalue weighted by Gasteiger charge is -2.40. The molecule has 250 valence electrons. The highest BCUT2D eigenvalue weighted by molar-refractivity contribution is 6.74. The standard InChI is InChI=1S/C35H42Cl2F3NO4Si/c1-33(2,3)46(7,8)45-31(35(38,39)40)30(32(42)43-6)23-24-9-19-29(20-10-24)44-22-21-41(5)34(4,25-11-15-27(36)16-12-25)26-13-17-28(37)18-14-26/h9-20H,21-23H2,1-8H3. The molecule has 0 bridgehead atoms. The van der Waals surface area contributed by atoms with Crippen molar-refractivity contribution < 1.29 is 31.9 Å². The van der Waals surface area contributed by atoms with Crippen LogP contribution in [0.15, 0.2) is 84.1 Å². The summed E-state index contributed by atoms with van der Waals surface area (Å²) in [6.07, 6.45) is -5.19. The molecule has 0 N–H and O–H groups in total. The van der Waals surface area contributed by atoms with E-state index in [1.54, 1.807) is 37.4 Å². The Bertz CT molecular complexity index is 1460. The van der Waals surface area contributed by atoms with Gasteiger partial charge in [-0.3, -0.25) is 4.90 Å². The molecule has 3 aromatic rings. The fourth-order valence-corrected chi connectivity index (χ4v) is 5.96. The maximum Gasteiger partial charge on any atom is 0.448 e. The third-order valence-electron chi connectivity index (χ3n) is 8.70. The number of alkyl halides is 3. The normalized spacial score (nSPS) is 13.3. The van der Waals surface area contributed by atoms with Crippen LogP contribution in [-0.4, -0.2) is 52.7 Å². The Balaban J connectivity index is 1.79. The summed E-state index contributed by atoms with van der Waals surface area (Å²) in [6, 6.07) is 22.0. The monoisotopic (exact) mass is 695 g/mol. The number of hydrogen-bond donors (Lipinski definition) is 0. The SMILES string of the molecule is COC(=O)C(Cc1ccc(OCCN(C)C(C)(c2ccc(Cl)cc2)c2ccc(Cl)cc2)cc1)=C(O[Si](C)(C)C(C)(C)C)C(F)(F)F. The first kappa shape index (κ1) is 37.5. The summed E-state index contributed by atoms with van der Waals surface area (Å²) in [4.78, 5) is 14.8. The van der Waals surface area contributed by atoms with E-state index in [0.29, 0.717) is 34.5 Å². The highest BCUT2D eigenvalue weighted by atomic mass is 35.5. The maximum atomic E-state index is 14.3. The van der Waals surface area contributed by atoms with Gasteiger partial charge in [0.05, 0.1) is 18.2 Å². The van der Waals surface area contributed by atoms with Crippen LogP contribution in [0.25, 0.3) is 0 Å². The van der Waals surface area contributed by atoms with Crippen LogP contribution in [0, 0.1) is 0 Å². The van der Waals surface area contributed by atoms with Gasteiger partial charge >= 0.3 is 12.1 Å². The first-order chi connectivity index (χ1) is 21.3. The van der Waals surface area contributed by atoms with E-state index in [2.05, 4.69) is 11.8 Å². The van der Waals surface area contributed by atoms with Crippen LogP contribution in [0.4, 0.5) is 13.2 Å². The number of ether oxygens (including phenoxy) is 2. The van der Waals surface area contributed by atoms with E-state index in [1.165, 1.54) is 0 Å². The van der Waals surface area contributed by atoms with Gasteiger partial charge in [0.2, 0.25) is 8.32 Å². The summed E-state index contributed by atoms with van der Waals surface area (Å²) in [7, 11) is 0.124. The van der Waals surface area contributed by atoms with Gasteiger partial charge in [-0.1, -0.05) is 80.4 Å². The van der Waals surface area contributed by atoms with Gasteiger partial charge in [-0.25, -0.2) is 4.79 Å². The number of methoxy groups -OCH3 is 1. The second kappa shape index (κ2) is 14.8. The molecule has 3 rings (SSSR count). The van der Waals surface area contributed by atoms with Crippen molar-refractivity contribution in [2.75, 3.05) is 27.3 Å². The summed E-state index contributed by atoms with van der Waals surface area (Å²) in [5.74, 6) is -1.84. The number of likely N-dealkylation sites (N-methyl/N-ethyl adjacent to an activating group) is 1. The number of nitrogens with zero attached hydrogens (tertiary/aromatic N) is 1. The van der Waals surface area contributed by atoms with Gasteiger partial charge in [-0.2, -0.15) is 13.2 Å². The zero-order chi connectivity index (χ0) is 34.5. The van der Waals surface area contributed by atoms with Crippen molar-refractivity contribution in [1.82, 2.24) is 4.90 Å². The Morgan fingerprint density at radius 2 is 1.30 bits per heavy atom. The van der Waals surface area contributed by atoms with Gasteiger partial charge < -0.3 is 13.9 Å². The molecule has 0 radical (unpaired) electrons. The Morgan fingerprint density at radius 3 is 1.72 bits per heavy atom. The lowest BCUT2D eigenvalue weighted by atomic mass is 9.83. The summed E-state index contributed by atoms with van der Waals surface area (Å²) in [5, 5.41) is 0.769. The van der Waals surface area contributed by atoms with Crippen molar-refractivity contribution in [2.24, 2.45) is 0 Å². The highest BCUT2D eigenvalue weighted by Gasteiger charge is 2.48. The topological polar surface area (TPSA) is 48.0 Å². The van der Waals surface area contributed by atoms with E-state index in [9.17, 15) is 18.0 Å². The van der Waals surface area contributed by atoms with Crippen molar-refractivity contribution in [3.63, 3.8) is 0 Å². The molecule has 0 aliphatic rings.